The van der Waals surface area contributed by atoms with Gasteiger partial charge in [-0.15, -0.1) is 0 Å². The van der Waals surface area contributed by atoms with Gasteiger partial charge in [-0.2, -0.15) is 0 Å². The number of halogens is 1. The van der Waals surface area contributed by atoms with Crippen LogP contribution in [0.3, 0.4) is 0 Å². The topological polar surface area (TPSA) is 44.1 Å². The number of para-hydroxylation sites is 1. The summed E-state index contributed by atoms with van der Waals surface area (Å²) < 4.78 is 7.71. The fourth-order valence-electron chi connectivity index (χ4n) is 1.73. The van der Waals surface area contributed by atoms with Crippen molar-refractivity contribution in [3.8, 4) is 0 Å². The number of thioether (sulfide) groups is 1. The van der Waals surface area contributed by atoms with Gasteiger partial charge in [0.05, 0.1) is 24.1 Å². The minimum atomic E-state index is -0.0000778. The minimum absolute atomic E-state index is 0.0000778. The van der Waals surface area contributed by atoms with Crippen LogP contribution < -0.4 is 5.56 Å². The van der Waals surface area contributed by atoms with Crippen molar-refractivity contribution >= 4 is 45.3 Å². The summed E-state index contributed by atoms with van der Waals surface area (Å²) in [5.74, 6) is 0. The number of benzene rings is 1. The van der Waals surface area contributed by atoms with Crippen LogP contribution in [0.15, 0.2) is 28.2 Å². The summed E-state index contributed by atoms with van der Waals surface area (Å²) in [7, 11) is 1.63. The van der Waals surface area contributed by atoms with Crippen molar-refractivity contribution in [3.05, 3.63) is 32.1 Å². The van der Waals surface area contributed by atoms with Crippen LogP contribution in [0.25, 0.3) is 10.9 Å². The largest absolute Gasteiger partial charge is 0.383 e. The molecule has 0 aliphatic carbocycles. The molecule has 6 heteroatoms. The molecule has 1 aromatic carbocycles. The Morgan fingerprint density at radius 2 is 2.28 bits per heavy atom. The standard InChI is InChI=1S/C12H13IN2O2S/c1-17-7-6-15-11(16)8-4-3-5-9(13)10(8)14-12(15)18-2/h3-5H,6-7H2,1-2H3. The number of nitrogens with zero attached hydrogens (tertiary/aromatic N) is 2. The number of rotatable bonds is 4. The number of aromatic nitrogens is 2. The van der Waals surface area contributed by atoms with E-state index in [4.69, 9.17) is 4.74 Å². The van der Waals surface area contributed by atoms with Crippen molar-refractivity contribution < 1.29 is 4.74 Å². The molecule has 2 aromatic rings. The van der Waals surface area contributed by atoms with Gasteiger partial charge in [-0.3, -0.25) is 9.36 Å². The first kappa shape index (κ1) is 13.8. The normalized spacial score (nSPS) is 11.1. The number of methoxy groups -OCH3 is 1. The zero-order valence-corrected chi connectivity index (χ0v) is 13.1. The molecule has 1 heterocycles. The third-order valence-electron chi connectivity index (χ3n) is 2.60. The monoisotopic (exact) mass is 376 g/mol. The average Bonchev–Trinajstić information content (AvgIpc) is 2.38. The maximum atomic E-state index is 12.4. The Balaban J connectivity index is 2.70. The summed E-state index contributed by atoms with van der Waals surface area (Å²) in [4.78, 5) is 17.0. The summed E-state index contributed by atoms with van der Waals surface area (Å²) >= 11 is 3.68. The Morgan fingerprint density at radius 3 is 2.94 bits per heavy atom. The Morgan fingerprint density at radius 1 is 1.50 bits per heavy atom. The van der Waals surface area contributed by atoms with Crippen LogP contribution in [-0.4, -0.2) is 29.5 Å². The molecule has 0 atom stereocenters. The molecule has 0 saturated carbocycles. The van der Waals surface area contributed by atoms with Crippen molar-refractivity contribution in [3.63, 3.8) is 0 Å². The first-order valence-corrected chi connectivity index (χ1v) is 7.71. The molecule has 0 spiro atoms. The molecular formula is C12H13IN2O2S. The third kappa shape index (κ3) is 2.55. The highest BCUT2D eigenvalue weighted by Crippen LogP contribution is 2.19. The van der Waals surface area contributed by atoms with Crippen molar-refractivity contribution in [2.75, 3.05) is 20.0 Å². The second-order valence-corrected chi connectivity index (χ2v) is 5.62. The van der Waals surface area contributed by atoms with Gasteiger partial charge in [-0.1, -0.05) is 17.8 Å². The molecule has 18 heavy (non-hydrogen) atoms. The smallest absolute Gasteiger partial charge is 0.262 e. The maximum Gasteiger partial charge on any atom is 0.262 e. The van der Waals surface area contributed by atoms with E-state index in [9.17, 15) is 4.79 Å². The number of hydrogen-bond acceptors (Lipinski definition) is 4. The van der Waals surface area contributed by atoms with Gasteiger partial charge in [-0.05, 0) is 41.0 Å². The number of fused-ring (bicyclic) bond motifs is 1. The molecular weight excluding hydrogens is 363 g/mol. The van der Waals surface area contributed by atoms with Gasteiger partial charge in [0.1, 0.15) is 0 Å². The molecule has 0 fully saturated rings. The van der Waals surface area contributed by atoms with Crippen LogP contribution in [0.4, 0.5) is 0 Å². The van der Waals surface area contributed by atoms with Crippen molar-refractivity contribution in [2.45, 2.75) is 11.7 Å². The Hall–Kier alpha value is -0.600. The summed E-state index contributed by atoms with van der Waals surface area (Å²) in [5, 5.41) is 1.39. The molecule has 1 aromatic heterocycles. The molecule has 4 nitrogen and oxygen atoms in total. The van der Waals surface area contributed by atoms with Gasteiger partial charge in [0.25, 0.3) is 5.56 Å². The zero-order chi connectivity index (χ0) is 13.1. The lowest BCUT2D eigenvalue weighted by Gasteiger charge is -2.11. The highest BCUT2D eigenvalue weighted by molar-refractivity contribution is 14.1. The molecule has 0 bridgehead atoms. The predicted molar refractivity (Wildman–Crippen MR) is 82.4 cm³/mol. The van der Waals surface area contributed by atoms with Crippen LogP contribution in [0, 0.1) is 3.57 Å². The van der Waals surface area contributed by atoms with Crippen LogP contribution in [-0.2, 0) is 11.3 Å². The molecule has 0 saturated heterocycles. The second kappa shape index (κ2) is 6.03. The SMILES string of the molecule is COCCn1c(SC)nc2c(I)cccc2c1=O. The fourth-order valence-corrected chi connectivity index (χ4v) is 2.92. The second-order valence-electron chi connectivity index (χ2n) is 3.68. The lowest BCUT2D eigenvalue weighted by molar-refractivity contribution is 0.183. The van der Waals surface area contributed by atoms with Gasteiger partial charge in [0.15, 0.2) is 5.16 Å². The summed E-state index contributed by atoms with van der Waals surface area (Å²) in [6, 6.07) is 5.66. The van der Waals surface area contributed by atoms with E-state index in [0.29, 0.717) is 18.5 Å². The molecule has 0 N–H and O–H groups in total. The highest BCUT2D eigenvalue weighted by atomic mass is 127. The molecule has 0 aliphatic rings. The van der Waals surface area contributed by atoms with E-state index in [2.05, 4.69) is 27.6 Å². The van der Waals surface area contributed by atoms with Gasteiger partial charge in [0, 0.05) is 10.7 Å². The lowest BCUT2D eigenvalue weighted by Crippen LogP contribution is -2.25. The molecule has 2 rings (SSSR count). The van der Waals surface area contributed by atoms with Gasteiger partial charge in [0.2, 0.25) is 0 Å². The van der Waals surface area contributed by atoms with Crippen molar-refractivity contribution in [1.82, 2.24) is 9.55 Å². The lowest BCUT2D eigenvalue weighted by atomic mass is 10.2. The first-order valence-electron chi connectivity index (χ1n) is 5.41. The van der Waals surface area contributed by atoms with Gasteiger partial charge in [-0.25, -0.2) is 4.98 Å². The van der Waals surface area contributed by atoms with E-state index < -0.39 is 0 Å². The van der Waals surface area contributed by atoms with Crippen molar-refractivity contribution in [1.29, 1.82) is 0 Å². The average molecular weight is 376 g/mol. The minimum Gasteiger partial charge on any atom is -0.383 e. The quantitative estimate of drug-likeness (QED) is 0.467. The Kier molecular flexibility index (Phi) is 4.63. The van der Waals surface area contributed by atoms with E-state index in [-0.39, 0.29) is 5.56 Å². The van der Waals surface area contributed by atoms with E-state index in [1.807, 2.05) is 24.5 Å². The number of hydrogen-bond donors (Lipinski definition) is 0. The molecule has 0 radical (unpaired) electrons. The number of ether oxygens (including phenoxy) is 1. The Labute approximate surface area is 123 Å². The van der Waals surface area contributed by atoms with Crippen LogP contribution in [0.5, 0.6) is 0 Å². The van der Waals surface area contributed by atoms with Crippen LogP contribution in [0.1, 0.15) is 0 Å². The van der Waals surface area contributed by atoms with Gasteiger partial charge >= 0.3 is 0 Å². The summed E-state index contributed by atoms with van der Waals surface area (Å²) in [5.41, 5.74) is 0.779. The van der Waals surface area contributed by atoms with Crippen LogP contribution in [0.2, 0.25) is 0 Å². The molecule has 0 aliphatic heterocycles. The summed E-state index contributed by atoms with van der Waals surface area (Å²) in [6.07, 6.45) is 1.92. The molecule has 96 valence electrons. The van der Waals surface area contributed by atoms with Gasteiger partial charge < -0.3 is 4.74 Å². The highest BCUT2D eigenvalue weighted by Gasteiger charge is 2.11. The molecule has 0 amide bonds. The zero-order valence-electron chi connectivity index (χ0n) is 10.1. The van der Waals surface area contributed by atoms with Crippen molar-refractivity contribution in [2.24, 2.45) is 0 Å². The van der Waals surface area contributed by atoms with E-state index in [0.717, 1.165) is 14.2 Å². The molecule has 0 unspecified atom stereocenters. The van der Waals surface area contributed by atoms with E-state index in [1.165, 1.54) is 11.8 Å². The van der Waals surface area contributed by atoms with Crippen LogP contribution >= 0.6 is 34.4 Å². The van der Waals surface area contributed by atoms with E-state index in [1.54, 1.807) is 11.7 Å². The predicted octanol–water partition coefficient (Wildman–Crippen LogP) is 2.37. The third-order valence-corrected chi connectivity index (χ3v) is 4.15. The van der Waals surface area contributed by atoms with E-state index >= 15 is 0 Å². The maximum absolute atomic E-state index is 12.4. The first-order chi connectivity index (χ1) is 8.69. The fraction of sp³-hybridized carbons (Fsp3) is 0.333. The Bertz CT molecular complexity index is 627. The summed E-state index contributed by atoms with van der Waals surface area (Å²) in [6.45, 7) is 1.03.